The molecule has 2 aromatic rings. The number of allylic oxidation sites excluding steroid dienone is 1. The minimum Gasteiger partial charge on any atom is -0.481 e. The van der Waals surface area contributed by atoms with E-state index in [0.29, 0.717) is 6.54 Å². The minimum atomic E-state index is -0.645. The second kappa shape index (κ2) is 8.74. The molecule has 1 unspecified atom stereocenters. The van der Waals surface area contributed by atoms with Crippen LogP contribution in [0, 0.1) is 5.92 Å². The van der Waals surface area contributed by atoms with E-state index in [1.807, 2.05) is 0 Å². The van der Waals surface area contributed by atoms with Gasteiger partial charge in [-0.25, -0.2) is 0 Å². The van der Waals surface area contributed by atoms with Crippen LogP contribution in [0.2, 0.25) is 0 Å². The molecule has 1 fully saturated rings. The number of likely N-dealkylation sites (tertiary alicyclic amines) is 1. The van der Waals surface area contributed by atoms with E-state index in [0.717, 1.165) is 51.6 Å². The van der Waals surface area contributed by atoms with Crippen molar-refractivity contribution in [2.24, 2.45) is 5.92 Å². The third-order valence-electron chi connectivity index (χ3n) is 6.22. The summed E-state index contributed by atoms with van der Waals surface area (Å²) in [5, 5.41) is 9.31. The fourth-order valence-electron chi connectivity index (χ4n) is 4.66. The zero-order valence-corrected chi connectivity index (χ0v) is 16.4. The molecule has 1 atom stereocenters. The molecule has 3 heteroatoms. The highest BCUT2D eigenvalue weighted by molar-refractivity contribution is 5.71. The number of rotatable bonds is 4. The van der Waals surface area contributed by atoms with Crippen LogP contribution in [0.4, 0.5) is 0 Å². The number of fused-ring (bicyclic) bond motifs is 2. The number of nitrogens with zero attached hydrogens (tertiary/aromatic N) is 1. The van der Waals surface area contributed by atoms with Gasteiger partial charge in [-0.15, -0.1) is 0 Å². The Bertz CT molecular complexity index is 870. The third-order valence-corrected chi connectivity index (χ3v) is 6.22. The number of benzene rings is 2. The summed E-state index contributed by atoms with van der Waals surface area (Å²) in [6, 6.07) is 17.6. The SMILES string of the molecule is O=C(O)C1CCCN(CCC=C2Cc3ccccc3CCc3ccccc32)C1. The van der Waals surface area contributed by atoms with Crippen molar-refractivity contribution < 1.29 is 9.90 Å². The number of hydrogen-bond donors (Lipinski definition) is 1. The summed E-state index contributed by atoms with van der Waals surface area (Å²) in [6.07, 6.45) is 8.33. The number of aliphatic carboxylic acids is 1. The molecule has 0 spiro atoms. The monoisotopic (exact) mass is 375 g/mol. The molecule has 0 bridgehead atoms. The van der Waals surface area contributed by atoms with Crippen molar-refractivity contribution >= 4 is 11.5 Å². The molecule has 0 aromatic heterocycles. The van der Waals surface area contributed by atoms with Gasteiger partial charge in [-0.1, -0.05) is 54.6 Å². The molecule has 0 saturated carbocycles. The van der Waals surface area contributed by atoms with Gasteiger partial charge in [0.1, 0.15) is 0 Å². The Hall–Kier alpha value is -2.39. The summed E-state index contributed by atoms with van der Waals surface area (Å²) >= 11 is 0. The minimum absolute atomic E-state index is 0.199. The summed E-state index contributed by atoms with van der Waals surface area (Å²) < 4.78 is 0. The fourth-order valence-corrected chi connectivity index (χ4v) is 4.66. The van der Waals surface area contributed by atoms with Crippen LogP contribution in [0.1, 0.15) is 41.5 Å². The summed E-state index contributed by atoms with van der Waals surface area (Å²) in [5.74, 6) is -0.844. The smallest absolute Gasteiger partial charge is 0.307 e. The first-order valence-electron chi connectivity index (χ1n) is 10.5. The van der Waals surface area contributed by atoms with Crippen molar-refractivity contribution in [3.8, 4) is 0 Å². The van der Waals surface area contributed by atoms with Gasteiger partial charge < -0.3 is 10.0 Å². The van der Waals surface area contributed by atoms with Gasteiger partial charge in [-0.3, -0.25) is 4.79 Å². The van der Waals surface area contributed by atoms with Crippen LogP contribution < -0.4 is 0 Å². The lowest BCUT2D eigenvalue weighted by Gasteiger charge is -2.30. The first kappa shape index (κ1) is 18.9. The Balaban J connectivity index is 1.52. The molecule has 0 amide bonds. The summed E-state index contributed by atoms with van der Waals surface area (Å²) in [4.78, 5) is 13.6. The third kappa shape index (κ3) is 4.36. The van der Waals surface area contributed by atoms with Crippen molar-refractivity contribution in [2.75, 3.05) is 19.6 Å². The van der Waals surface area contributed by atoms with Crippen molar-refractivity contribution in [2.45, 2.75) is 38.5 Å². The molecule has 1 saturated heterocycles. The first-order valence-corrected chi connectivity index (χ1v) is 10.5. The number of carbonyl (C=O) groups is 1. The highest BCUT2D eigenvalue weighted by Gasteiger charge is 2.24. The van der Waals surface area contributed by atoms with Crippen molar-refractivity contribution in [3.05, 3.63) is 76.9 Å². The maximum atomic E-state index is 11.3. The average molecular weight is 376 g/mol. The van der Waals surface area contributed by atoms with Crippen molar-refractivity contribution in [1.82, 2.24) is 4.90 Å². The van der Waals surface area contributed by atoms with Gasteiger partial charge in [0.05, 0.1) is 5.92 Å². The van der Waals surface area contributed by atoms with Crippen LogP contribution in [-0.2, 0) is 24.1 Å². The van der Waals surface area contributed by atoms with E-state index in [1.54, 1.807) is 0 Å². The second-order valence-corrected chi connectivity index (χ2v) is 8.10. The molecule has 146 valence electrons. The lowest BCUT2D eigenvalue weighted by Crippen LogP contribution is -2.39. The standard InChI is InChI=1S/C25H29NO2/c27-25(28)23-11-6-16-26(18-23)15-5-10-22-17-21-9-2-1-7-19(21)13-14-20-8-3-4-12-24(20)22/h1-4,7-10,12,23H,5-6,11,13-18H2,(H,27,28). The van der Waals surface area contributed by atoms with E-state index >= 15 is 0 Å². The van der Waals surface area contributed by atoms with E-state index in [-0.39, 0.29) is 5.92 Å². The molecular formula is C25H29NO2. The maximum absolute atomic E-state index is 11.3. The van der Waals surface area contributed by atoms with Crippen molar-refractivity contribution in [3.63, 3.8) is 0 Å². The Kier molecular flexibility index (Phi) is 5.92. The van der Waals surface area contributed by atoms with Gasteiger partial charge in [0, 0.05) is 13.1 Å². The fraction of sp³-hybridized carbons (Fsp3) is 0.400. The largest absolute Gasteiger partial charge is 0.481 e. The number of aryl methyl sites for hydroxylation is 2. The van der Waals surface area contributed by atoms with Gasteiger partial charge in [-0.05, 0) is 72.9 Å². The average Bonchev–Trinajstić information content (AvgIpc) is 2.71. The van der Waals surface area contributed by atoms with E-state index < -0.39 is 5.97 Å². The van der Waals surface area contributed by atoms with Crippen LogP contribution in [0.3, 0.4) is 0 Å². The molecule has 1 aliphatic heterocycles. The summed E-state index contributed by atoms with van der Waals surface area (Å²) in [7, 11) is 0. The molecule has 2 aromatic carbocycles. The second-order valence-electron chi connectivity index (χ2n) is 8.10. The van der Waals surface area contributed by atoms with Crippen molar-refractivity contribution in [1.29, 1.82) is 0 Å². The van der Waals surface area contributed by atoms with E-state index in [4.69, 9.17) is 0 Å². The lowest BCUT2D eigenvalue weighted by atomic mass is 9.85. The quantitative estimate of drug-likeness (QED) is 0.849. The summed E-state index contributed by atoms with van der Waals surface area (Å²) in [6.45, 7) is 2.65. The molecule has 28 heavy (non-hydrogen) atoms. The number of carboxylic acids is 1. The van der Waals surface area contributed by atoms with Crippen LogP contribution in [-0.4, -0.2) is 35.6 Å². The highest BCUT2D eigenvalue weighted by Crippen LogP contribution is 2.29. The Morgan fingerprint density at radius 2 is 1.75 bits per heavy atom. The Labute approximate surface area is 167 Å². The molecule has 4 rings (SSSR count). The molecule has 1 N–H and O–H groups in total. The van der Waals surface area contributed by atoms with Crippen LogP contribution in [0.15, 0.2) is 54.6 Å². The number of carboxylic acid groups (broad SMARTS) is 1. The van der Waals surface area contributed by atoms with Gasteiger partial charge in [-0.2, -0.15) is 0 Å². The molecule has 0 radical (unpaired) electrons. The zero-order valence-electron chi connectivity index (χ0n) is 16.4. The van der Waals surface area contributed by atoms with Crippen LogP contribution >= 0.6 is 0 Å². The van der Waals surface area contributed by atoms with E-state index in [9.17, 15) is 9.90 Å². The first-order chi connectivity index (χ1) is 13.7. The zero-order chi connectivity index (χ0) is 19.3. The van der Waals surface area contributed by atoms with Gasteiger partial charge >= 0.3 is 5.97 Å². The van der Waals surface area contributed by atoms with Gasteiger partial charge in [0.2, 0.25) is 0 Å². The number of hydrogen-bond acceptors (Lipinski definition) is 2. The topological polar surface area (TPSA) is 40.5 Å². The van der Waals surface area contributed by atoms with Gasteiger partial charge in [0.15, 0.2) is 0 Å². The molecular weight excluding hydrogens is 346 g/mol. The van der Waals surface area contributed by atoms with E-state index in [1.165, 1.54) is 27.8 Å². The number of piperidine rings is 1. The van der Waals surface area contributed by atoms with Crippen LogP contribution in [0.25, 0.3) is 5.57 Å². The lowest BCUT2D eigenvalue weighted by molar-refractivity contribution is -0.143. The molecule has 3 nitrogen and oxygen atoms in total. The molecule has 1 heterocycles. The predicted octanol–water partition coefficient (Wildman–Crippen LogP) is 4.60. The predicted molar refractivity (Wildman–Crippen MR) is 113 cm³/mol. The highest BCUT2D eigenvalue weighted by atomic mass is 16.4. The van der Waals surface area contributed by atoms with Gasteiger partial charge in [0.25, 0.3) is 0 Å². The van der Waals surface area contributed by atoms with Crippen LogP contribution in [0.5, 0.6) is 0 Å². The molecule has 1 aliphatic carbocycles. The Morgan fingerprint density at radius 1 is 1.04 bits per heavy atom. The maximum Gasteiger partial charge on any atom is 0.307 e. The molecule has 2 aliphatic rings. The summed E-state index contributed by atoms with van der Waals surface area (Å²) in [5.41, 5.74) is 7.14. The van der Waals surface area contributed by atoms with E-state index in [2.05, 4.69) is 59.5 Å². The normalized spacial score (nSPS) is 21.4. The Morgan fingerprint density at radius 3 is 2.57 bits per heavy atom.